The monoisotopic (exact) mass is 313 g/mol. The van der Waals surface area contributed by atoms with E-state index in [9.17, 15) is 9.18 Å². The first-order valence-corrected chi connectivity index (χ1v) is 7.18. The Labute approximate surface area is 132 Å². The van der Waals surface area contributed by atoms with E-state index in [-0.39, 0.29) is 17.5 Å². The summed E-state index contributed by atoms with van der Waals surface area (Å²) in [6.45, 7) is 1.99. The van der Waals surface area contributed by atoms with Crippen molar-refractivity contribution in [1.82, 2.24) is 5.32 Å². The van der Waals surface area contributed by atoms with Gasteiger partial charge < -0.3 is 14.5 Å². The molecule has 3 rings (SSSR count). The van der Waals surface area contributed by atoms with Crippen LogP contribution in [0.25, 0.3) is 11.0 Å². The average molecular weight is 313 g/mol. The number of ether oxygens (including phenoxy) is 1. The molecule has 0 spiro atoms. The number of nitrogens with one attached hydrogen (secondary N) is 1. The van der Waals surface area contributed by atoms with Crippen molar-refractivity contribution in [2.24, 2.45) is 0 Å². The number of hydrogen-bond donors (Lipinski definition) is 1. The molecule has 0 aliphatic heterocycles. The van der Waals surface area contributed by atoms with Gasteiger partial charge in [-0.25, -0.2) is 4.39 Å². The number of halogens is 1. The predicted octanol–water partition coefficient (Wildman–Crippen LogP) is 3.82. The topological polar surface area (TPSA) is 51.5 Å². The smallest absolute Gasteiger partial charge is 0.287 e. The quantitative estimate of drug-likeness (QED) is 0.796. The van der Waals surface area contributed by atoms with Crippen LogP contribution >= 0.6 is 0 Å². The van der Waals surface area contributed by atoms with Crippen molar-refractivity contribution in [3.63, 3.8) is 0 Å². The maximum absolute atomic E-state index is 13.2. The lowest BCUT2D eigenvalue weighted by Crippen LogP contribution is -2.22. The van der Waals surface area contributed by atoms with Gasteiger partial charge in [0.15, 0.2) is 17.1 Å². The van der Waals surface area contributed by atoms with Crippen LogP contribution in [0.2, 0.25) is 0 Å². The van der Waals surface area contributed by atoms with Crippen LogP contribution < -0.4 is 10.1 Å². The SMILES string of the molecule is COc1cccc2cc(C(=O)NCc3ccc(F)c(C)c3)oc12. The summed E-state index contributed by atoms with van der Waals surface area (Å²) in [4.78, 5) is 12.2. The maximum atomic E-state index is 13.2. The van der Waals surface area contributed by atoms with Crippen molar-refractivity contribution in [3.8, 4) is 5.75 Å². The van der Waals surface area contributed by atoms with Crippen LogP contribution in [0.3, 0.4) is 0 Å². The number of para-hydroxylation sites is 1. The molecule has 118 valence electrons. The number of methoxy groups -OCH3 is 1. The van der Waals surface area contributed by atoms with E-state index in [0.717, 1.165) is 10.9 Å². The van der Waals surface area contributed by atoms with E-state index in [4.69, 9.17) is 9.15 Å². The molecule has 4 nitrogen and oxygen atoms in total. The van der Waals surface area contributed by atoms with E-state index in [1.165, 1.54) is 6.07 Å². The summed E-state index contributed by atoms with van der Waals surface area (Å²) in [6.07, 6.45) is 0. The lowest BCUT2D eigenvalue weighted by Gasteiger charge is -2.05. The van der Waals surface area contributed by atoms with Crippen molar-refractivity contribution in [2.75, 3.05) is 7.11 Å². The normalized spacial score (nSPS) is 10.7. The van der Waals surface area contributed by atoms with Gasteiger partial charge in [-0.2, -0.15) is 0 Å². The van der Waals surface area contributed by atoms with Gasteiger partial charge in [0.05, 0.1) is 7.11 Å². The third-order valence-electron chi connectivity index (χ3n) is 3.63. The van der Waals surface area contributed by atoms with Gasteiger partial charge in [-0.3, -0.25) is 4.79 Å². The highest BCUT2D eigenvalue weighted by Gasteiger charge is 2.14. The molecule has 0 unspecified atom stereocenters. The fourth-order valence-electron chi connectivity index (χ4n) is 2.40. The Morgan fingerprint density at radius 2 is 2.09 bits per heavy atom. The fourth-order valence-corrected chi connectivity index (χ4v) is 2.40. The average Bonchev–Trinajstić information content (AvgIpc) is 2.99. The predicted molar refractivity (Wildman–Crippen MR) is 85.1 cm³/mol. The number of aryl methyl sites for hydroxylation is 1. The van der Waals surface area contributed by atoms with Crippen LogP contribution in [0.15, 0.2) is 46.9 Å². The van der Waals surface area contributed by atoms with Gasteiger partial charge in [0.25, 0.3) is 5.91 Å². The van der Waals surface area contributed by atoms with Crippen LogP contribution in [0, 0.1) is 12.7 Å². The first-order valence-electron chi connectivity index (χ1n) is 7.18. The molecule has 1 amide bonds. The zero-order valence-corrected chi connectivity index (χ0v) is 12.9. The highest BCUT2D eigenvalue weighted by molar-refractivity contribution is 5.97. The highest BCUT2D eigenvalue weighted by atomic mass is 19.1. The number of rotatable bonds is 4. The summed E-state index contributed by atoms with van der Waals surface area (Å²) in [5.74, 6) is 0.203. The molecule has 0 fully saturated rings. The zero-order valence-electron chi connectivity index (χ0n) is 12.9. The van der Waals surface area contributed by atoms with Gasteiger partial charge in [0.2, 0.25) is 0 Å². The van der Waals surface area contributed by atoms with Gasteiger partial charge >= 0.3 is 0 Å². The Hall–Kier alpha value is -2.82. The second-order valence-electron chi connectivity index (χ2n) is 5.26. The van der Waals surface area contributed by atoms with E-state index in [0.29, 0.717) is 23.4 Å². The number of hydrogen-bond acceptors (Lipinski definition) is 3. The second kappa shape index (κ2) is 6.12. The molecule has 0 radical (unpaired) electrons. The van der Waals surface area contributed by atoms with E-state index in [2.05, 4.69) is 5.32 Å². The number of furan rings is 1. The molecule has 1 heterocycles. The standard InChI is InChI=1S/C18H16FNO3/c1-11-8-12(6-7-14(11)19)10-20-18(21)16-9-13-4-3-5-15(22-2)17(13)23-16/h3-9H,10H2,1-2H3,(H,20,21). The van der Waals surface area contributed by atoms with Crippen molar-refractivity contribution >= 4 is 16.9 Å². The number of carbonyl (C=O) groups excluding carboxylic acids is 1. The molecule has 0 saturated carbocycles. The maximum Gasteiger partial charge on any atom is 0.287 e. The lowest BCUT2D eigenvalue weighted by atomic mass is 10.1. The molecule has 0 aliphatic carbocycles. The number of benzene rings is 2. The van der Waals surface area contributed by atoms with Crippen molar-refractivity contribution < 1.29 is 18.3 Å². The van der Waals surface area contributed by atoms with E-state index in [1.807, 2.05) is 12.1 Å². The van der Waals surface area contributed by atoms with Gasteiger partial charge in [-0.15, -0.1) is 0 Å². The van der Waals surface area contributed by atoms with Crippen LogP contribution in [-0.2, 0) is 6.54 Å². The summed E-state index contributed by atoms with van der Waals surface area (Å²) in [5.41, 5.74) is 1.91. The molecule has 0 saturated heterocycles. The number of fused-ring (bicyclic) bond motifs is 1. The Bertz CT molecular complexity index is 870. The Morgan fingerprint density at radius 3 is 2.83 bits per heavy atom. The first-order chi connectivity index (χ1) is 11.1. The summed E-state index contributed by atoms with van der Waals surface area (Å²) in [5, 5.41) is 3.56. The minimum absolute atomic E-state index is 0.211. The largest absolute Gasteiger partial charge is 0.493 e. The second-order valence-corrected chi connectivity index (χ2v) is 5.26. The molecule has 1 N–H and O–H groups in total. The Balaban J connectivity index is 1.76. The van der Waals surface area contributed by atoms with Crippen molar-refractivity contribution in [2.45, 2.75) is 13.5 Å². The van der Waals surface area contributed by atoms with Gasteiger partial charge in [-0.1, -0.05) is 24.3 Å². The molecule has 2 aromatic carbocycles. The van der Waals surface area contributed by atoms with E-state index < -0.39 is 0 Å². The van der Waals surface area contributed by atoms with Gasteiger partial charge in [-0.05, 0) is 36.2 Å². The molecule has 0 bridgehead atoms. The van der Waals surface area contributed by atoms with Crippen LogP contribution in [0.1, 0.15) is 21.7 Å². The molecular formula is C18H16FNO3. The van der Waals surface area contributed by atoms with E-state index >= 15 is 0 Å². The summed E-state index contributed by atoms with van der Waals surface area (Å²) < 4.78 is 24.0. The molecule has 0 aliphatic rings. The highest BCUT2D eigenvalue weighted by Crippen LogP contribution is 2.28. The first kappa shape index (κ1) is 15.1. The third kappa shape index (κ3) is 3.04. The van der Waals surface area contributed by atoms with Crippen molar-refractivity contribution in [3.05, 3.63) is 65.2 Å². The van der Waals surface area contributed by atoms with Gasteiger partial charge in [0.1, 0.15) is 5.82 Å². The minimum atomic E-state index is -0.328. The molecule has 1 aromatic heterocycles. The lowest BCUT2D eigenvalue weighted by molar-refractivity contribution is 0.0925. The zero-order chi connectivity index (χ0) is 16.4. The number of amides is 1. The molecule has 5 heteroatoms. The molecule has 3 aromatic rings. The van der Waals surface area contributed by atoms with E-state index in [1.54, 1.807) is 38.3 Å². The Morgan fingerprint density at radius 1 is 1.26 bits per heavy atom. The molecule has 23 heavy (non-hydrogen) atoms. The molecular weight excluding hydrogens is 297 g/mol. The summed E-state index contributed by atoms with van der Waals surface area (Å²) in [7, 11) is 1.55. The van der Waals surface area contributed by atoms with Crippen LogP contribution in [-0.4, -0.2) is 13.0 Å². The van der Waals surface area contributed by atoms with Crippen LogP contribution in [0.5, 0.6) is 5.75 Å². The van der Waals surface area contributed by atoms with Crippen molar-refractivity contribution in [1.29, 1.82) is 0 Å². The number of carbonyl (C=O) groups is 1. The van der Waals surface area contributed by atoms with Crippen LogP contribution in [0.4, 0.5) is 4.39 Å². The summed E-state index contributed by atoms with van der Waals surface area (Å²) >= 11 is 0. The van der Waals surface area contributed by atoms with Gasteiger partial charge in [0, 0.05) is 11.9 Å². The summed E-state index contributed by atoms with van der Waals surface area (Å²) in [6, 6.07) is 11.9. The minimum Gasteiger partial charge on any atom is -0.493 e. The fraction of sp³-hybridized carbons (Fsp3) is 0.167. The third-order valence-corrected chi connectivity index (χ3v) is 3.63. The Kier molecular flexibility index (Phi) is 4.02. The molecule has 0 atom stereocenters.